The number of hydrogen-bond acceptors (Lipinski definition) is 4. The van der Waals surface area contributed by atoms with Crippen LogP contribution >= 0.6 is 23.2 Å². The summed E-state index contributed by atoms with van der Waals surface area (Å²) in [6, 6.07) is 8.90. The second kappa shape index (κ2) is 9.88. The Morgan fingerprint density at radius 3 is 2.55 bits per heavy atom. The smallest absolute Gasteiger partial charge is 0.253 e. The van der Waals surface area contributed by atoms with Crippen molar-refractivity contribution in [2.45, 2.75) is 32.2 Å². The molecular weight excluding hydrogens is 435 g/mol. The molecule has 164 valence electrons. The summed E-state index contributed by atoms with van der Waals surface area (Å²) in [5, 5.41) is 3.77. The molecule has 31 heavy (non-hydrogen) atoms. The van der Waals surface area contributed by atoms with Crippen molar-refractivity contribution >= 4 is 40.8 Å². The molecule has 0 bridgehead atoms. The minimum Gasteiger partial charge on any atom is -0.357 e. The fourth-order valence-electron chi connectivity index (χ4n) is 4.18. The topological polar surface area (TPSA) is 65.5 Å². The molecule has 0 saturated carbocycles. The van der Waals surface area contributed by atoms with Crippen LogP contribution in [0.3, 0.4) is 0 Å². The summed E-state index contributed by atoms with van der Waals surface area (Å²) in [6.45, 7) is 3.58. The summed E-state index contributed by atoms with van der Waals surface area (Å²) in [5.41, 5.74) is 1.45. The van der Waals surface area contributed by atoms with Crippen molar-refractivity contribution in [1.29, 1.82) is 0 Å². The number of pyridine rings is 1. The lowest BCUT2D eigenvalue weighted by molar-refractivity contribution is -0.126. The van der Waals surface area contributed by atoms with E-state index in [1.807, 2.05) is 18.3 Å². The number of anilines is 1. The van der Waals surface area contributed by atoms with Crippen LogP contribution in [0.1, 0.15) is 41.6 Å². The third-order valence-electron chi connectivity index (χ3n) is 5.95. The van der Waals surface area contributed by atoms with Gasteiger partial charge in [0.25, 0.3) is 5.91 Å². The van der Waals surface area contributed by atoms with Crippen LogP contribution in [0.25, 0.3) is 0 Å². The van der Waals surface area contributed by atoms with Gasteiger partial charge in [-0.3, -0.25) is 9.59 Å². The van der Waals surface area contributed by atoms with Crippen molar-refractivity contribution in [3.05, 3.63) is 57.7 Å². The summed E-state index contributed by atoms with van der Waals surface area (Å²) in [5.74, 6) is 0.613. The van der Waals surface area contributed by atoms with Gasteiger partial charge in [0.05, 0.1) is 16.0 Å². The molecule has 2 saturated heterocycles. The Hall–Kier alpha value is -2.31. The van der Waals surface area contributed by atoms with Crippen LogP contribution < -0.4 is 10.2 Å². The molecule has 6 nitrogen and oxygen atoms in total. The number of piperidine rings is 1. The molecule has 2 aromatic rings. The number of amides is 2. The zero-order chi connectivity index (χ0) is 21.8. The molecule has 0 radical (unpaired) electrons. The molecular formula is C23H26Cl2N4O2. The minimum absolute atomic E-state index is 0.0322. The van der Waals surface area contributed by atoms with E-state index >= 15 is 0 Å². The average molecular weight is 461 g/mol. The first-order valence-electron chi connectivity index (χ1n) is 10.7. The first-order valence-corrected chi connectivity index (χ1v) is 11.5. The quantitative estimate of drug-likeness (QED) is 0.727. The predicted octanol–water partition coefficient (Wildman–Crippen LogP) is 4.16. The van der Waals surface area contributed by atoms with E-state index in [9.17, 15) is 9.59 Å². The summed E-state index contributed by atoms with van der Waals surface area (Å²) in [7, 11) is 0. The second-order valence-corrected chi connectivity index (χ2v) is 8.97. The van der Waals surface area contributed by atoms with Gasteiger partial charge < -0.3 is 15.1 Å². The van der Waals surface area contributed by atoms with Gasteiger partial charge in [0.2, 0.25) is 5.91 Å². The zero-order valence-corrected chi connectivity index (χ0v) is 18.8. The number of hydrogen-bond donors (Lipinski definition) is 1. The van der Waals surface area contributed by atoms with E-state index in [1.54, 1.807) is 23.1 Å². The third-order valence-corrected chi connectivity index (χ3v) is 6.69. The fourth-order valence-corrected chi connectivity index (χ4v) is 4.47. The average Bonchev–Trinajstić information content (AvgIpc) is 3.34. The molecule has 1 atom stereocenters. The molecule has 1 aromatic heterocycles. The van der Waals surface area contributed by atoms with Crippen LogP contribution in [0.5, 0.6) is 0 Å². The lowest BCUT2D eigenvalue weighted by Gasteiger charge is -2.32. The molecule has 8 heteroatoms. The standard InChI is InChI=1S/C23H26Cl2N4O2/c24-19-7-6-17(12-20(19)25)23(31)29-11-3-4-18(15-29)22(30)27-14-16-5-8-21(26-13-16)28-9-1-2-10-28/h5-8,12-13,18H,1-4,9-11,14-15H2,(H,27,30). The lowest BCUT2D eigenvalue weighted by Crippen LogP contribution is -2.45. The van der Waals surface area contributed by atoms with E-state index in [1.165, 1.54) is 12.8 Å². The van der Waals surface area contributed by atoms with Gasteiger partial charge in [-0.2, -0.15) is 0 Å². The Balaban J connectivity index is 1.31. The highest BCUT2D eigenvalue weighted by atomic mass is 35.5. The number of benzene rings is 1. The Labute approximate surface area is 192 Å². The fraction of sp³-hybridized carbons (Fsp3) is 0.435. The second-order valence-electron chi connectivity index (χ2n) is 8.16. The Kier molecular flexibility index (Phi) is 6.98. The molecule has 1 N–H and O–H groups in total. The number of rotatable bonds is 5. The first kappa shape index (κ1) is 21.9. The van der Waals surface area contributed by atoms with Crippen molar-refractivity contribution < 1.29 is 9.59 Å². The van der Waals surface area contributed by atoms with E-state index in [2.05, 4.69) is 15.2 Å². The van der Waals surface area contributed by atoms with E-state index < -0.39 is 0 Å². The van der Waals surface area contributed by atoms with Gasteiger partial charge in [0.1, 0.15) is 5.82 Å². The summed E-state index contributed by atoms with van der Waals surface area (Å²) < 4.78 is 0. The van der Waals surface area contributed by atoms with E-state index in [-0.39, 0.29) is 17.7 Å². The van der Waals surface area contributed by atoms with Gasteiger partial charge in [-0.05, 0) is 55.5 Å². The number of carbonyl (C=O) groups excluding carboxylic acids is 2. The van der Waals surface area contributed by atoms with Crippen LogP contribution in [0.2, 0.25) is 10.0 Å². The highest BCUT2D eigenvalue weighted by Crippen LogP contribution is 2.25. The summed E-state index contributed by atoms with van der Waals surface area (Å²) in [4.78, 5) is 34.1. The largest absolute Gasteiger partial charge is 0.357 e. The number of likely N-dealkylation sites (tertiary alicyclic amines) is 1. The molecule has 0 aliphatic carbocycles. The van der Waals surface area contributed by atoms with Crippen LogP contribution in [0.4, 0.5) is 5.82 Å². The number of aromatic nitrogens is 1. The molecule has 0 spiro atoms. The van der Waals surface area contributed by atoms with E-state index in [0.717, 1.165) is 37.3 Å². The summed E-state index contributed by atoms with van der Waals surface area (Å²) >= 11 is 12.0. The minimum atomic E-state index is -0.225. The van der Waals surface area contributed by atoms with Gasteiger partial charge in [0, 0.05) is 44.5 Å². The third kappa shape index (κ3) is 5.31. The van der Waals surface area contributed by atoms with Crippen molar-refractivity contribution in [1.82, 2.24) is 15.2 Å². The maximum atomic E-state index is 12.8. The molecule has 1 unspecified atom stereocenters. The SMILES string of the molecule is O=C(NCc1ccc(N2CCCC2)nc1)C1CCCN(C(=O)c2ccc(Cl)c(Cl)c2)C1. The Bertz CT molecular complexity index is 945. The maximum Gasteiger partial charge on any atom is 0.253 e. The van der Waals surface area contributed by atoms with Gasteiger partial charge in [0.15, 0.2) is 0 Å². The highest BCUT2D eigenvalue weighted by Gasteiger charge is 2.29. The lowest BCUT2D eigenvalue weighted by atomic mass is 9.96. The molecule has 2 amide bonds. The molecule has 2 aliphatic heterocycles. The van der Waals surface area contributed by atoms with Crippen molar-refractivity contribution in [3.8, 4) is 0 Å². The molecule has 1 aromatic carbocycles. The van der Waals surface area contributed by atoms with Gasteiger partial charge in [-0.15, -0.1) is 0 Å². The van der Waals surface area contributed by atoms with E-state index in [4.69, 9.17) is 23.2 Å². The van der Waals surface area contributed by atoms with Crippen molar-refractivity contribution in [2.24, 2.45) is 5.92 Å². The van der Waals surface area contributed by atoms with Crippen LogP contribution in [0.15, 0.2) is 36.5 Å². The Morgan fingerprint density at radius 1 is 1.03 bits per heavy atom. The van der Waals surface area contributed by atoms with Crippen LogP contribution in [0, 0.1) is 5.92 Å². The van der Waals surface area contributed by atoms with Crippen molar-refractivity contribution in [2.75, 3.05) is 31.1 Å². The number of halogens is 2. The summed E-state index contributed by atoms with van der Waals surface area (Å²) in [6.07, 6.45) is 5.81. The highest BCUT2D eigenvalue weighted by molar-refractivity contribution is 6.42. The molecule has 2 fully saturated rings. The predicted molar refractivity (Wildman–Crippen MR) is 123 cm³/mol. The number of nitrogens with zero attached hydrogens (tertiary/aromatic N) is 3. The first-order chi connectivity index (χ1) is 15.0. The van der Waals surface area contributed by atoms with Gasteiger partial charge >= 0.3 is 0 Å². The molecule has 4 rings (SSSR count). The van der Waals surface area contributed by atoms with Crippen LogP contribution in [-0.4, -0.2) is 47.9 Å². The van der Waals surface area contributed by atoms with Gasteiger partial charge in [-0.1, -0.05) is 29.3 Å². The molecule has 2 aliphatic rings. The maximum absolute atomic E-state index is 12.8. The normalized spacial score (nSPS) is 18.8. The number of nitrogens with one attached hydrogen (secondary N) is 1. The zero-order valence-electron chi connectivity index (χ0n) is 17.3. The van der Waals surface area contributed by atoms with E-state index in [0.29, 0.717) is 35.2 Å². The Morgan fingerprint density at radius 2 is 1.84 bits per heavy atom. The number of carbonyl (C=O) groups is 2. The molecule has 3 heterocycles. The monoisotopic (exact) mass is 460 g/mol. The van der Waals surface area contributed by atoms with Gasteiger partial charge in [-0.25, -0.2) is 4.98 Å². The van der Waals surface area contributed by atoms with Crippen molar-refractivity contribution in [3.63, 3.8) is 0 Å². The van der Waals surface area contributed by atoms with Crippen LogP contribution in [-0.2, 0) is 11.3 Å².